The third kappa shape index (κ3) is 3.32. The van der Waals surface area contributed by atoms with Crippen LogP contribution < -0.4 is 0 Å². The lowest BCUT2D eigenvalue weighted by molar-refractivity contribution is 0.0526. The molecule has 2 heteroatoms. The van der Waals surface area contributed by atoms with Crippen LogP contribution in [0.3, 0.4) is 0 Å². The summed E-state index contributed by atoms with van der Waals surface area (Å²) in [4.78, 5) is 12.0. The second-order valence-corrected chi connectivity index (χ2v) is 8.62. The van der Waals surface area contributed by atoms with Crippen molar-refractivity contribution in [1.82, 2.24) is 0 Å². The van der Waals surface area contributed by atoms with Crippen molar-refractivity contribution in [2.75, 3.05) is 6.61 Å². The number of benzene rings is 3. The molecular weight excluding hydrogens is 344 g/mol. The number of fused-ring (bicyclic) bond motifs is 2. The van der Waals surface area contributed by atoms with Crippen LogP contribution >= 0.6 is 0 Å². The van der Waals surface area contributed by atoms with Crippen LogP contribution in [0.2, 0.25) is 0 Å². The van der Waals surface area contributed by atoms with Gasteiger partial charge in [-0.15, -0.1) is 0 Å². The molecule has 2 nitrogen and oxygen atoms in total. The van der Waals surface area contributed by atoms with Crippen LogP contribution in [0.15, 0.2) is 54.6 Å². The highest BCUT2D eigenvalue weighted by Gasteiger charge is 2.30. The third-order valence-corrected chi connectivity index (χ3v) is 6.20. The van der Waals surface area contributed by atoms with E-state index in [1.54, 1.807) is 0 Å². The van der Waals surface area contributed by atoms with E-state index in [1.165, 1.54) is 35.1 Å². The fraction of sp³-hybridized carbons (Fsp3) is 0.346. The van der Waals surface area contributed by atoms with Gasteiger partial charge >= 0.3 is 5.97 Å². The van der Waals surface area contributed by atoms with Crippen molar-refractivity contribution in [1.29, 1.82) is 0 Å². The van der Waals surface area contributed by atoms with E-state index in [9.17, 15) is 4.79 Å². The van der Waals surface area contributed by atoms with Crippen LogP contribution in [0, 0.1) is 0 Å². The molecule has 0 radical (unpaired) electrons. The van der Waals surface area contributed by atoms with Gasteiger partial charge in [-0.3, -0.25) is 0 Å². The van der Waals surface area contributed by atoms with Crippen molar-refractivity contribution in [3.8, 4) is 11.1 Å². The van der Waals surface area contributed by atoms with E-state index >= 15 is 0 Å². The molecule has 1 aliphatic rings. The summed E-state index contributed by atoms with van der Waals surface area (Å²) in [6.07, 6.45) is 2.50. The number of hydrogen-bond acceptors (Lipinski definition) is 2. The molecule has 0 heterocycles. The van der Waals surface area contributed by atoms with Gasteiger partial charge in [0.05, 0.1) is 12.2 Å². The lowest BCUT2D eigenvalue weighted by atomic mass is 9.69. The second kappa shape index (κ2) is 7.09. The van der Waals surface area contributed by atoms with Crippen LogP contribution in [-0.2, 0) is 10.2 Å². The summed E-state index contributed by atoms with van der Waals surface area (Å²) in [6, 6.07) is 19.2. The highest BCUT2D eigenvalue weighted by atomic mass is 16.5. The number of rotatable bonds is 3. The Morgan fingerprint density at radius 2 is 1.68 bits per heavy atom. The van der Waals surface area contributed by atoms with Gasteiger partial charge in [-0.2, -0.15) is 0 Å². The summed E-state index contributed by atoms with van der Waals surface area (Å²) in [5, 5.41) is 2.19. The number of hydrogen-bond donors (Lipinski definition) is 0. The van der Waals surface area contributed by atoms with Gasteiger partial charge in [-0.1, -0.05) is 57.2 Å². The fourth-order valence-electron chi connectivity index (χ4n) is 4.40. The highest BCUT2D eigenvalue weighted by molar-refractivity contribution is 5.96. The normalized spacial score (nSPS) is 17.9. The van der Waals surface area contributed by atoms with Crippen LogP contribution in [-0.4, -0.2) is 12.6 Å². The standard InChI is InChI=1S/C26H28O2/c1-5-28-25(27)22-9-8-18-14-19(6-7-20(18)15-22)21-10-11-24-23(16-21)17(2)12-13-26(24,3)4/h6-11,14-17H,5,12-13H2,1-4H3. The van der Waals surface area contributed by atoms with E-state index in [-0.39, 0.29) is 11.4 Å². The monoisotopic (exact) mass is 372 g/mol. The minimum Gasteiger partial charge on any atom is -0.462 e. The Labute approximate surface area is 167 Å². The Hall–Kier alpha value is -2.61. The summed E-state index contributed by atoms with van der Waals surface area (Å²) < 4.78 is 5.11. The molecule has 1 aliphatic carbocycles. The van der Waals surface area contributed by atoms with E-state index in [0.29, 0.717) is 18.1 Å². The maximum absolute atomic E-state index is 12.0. The van der Waals surface area contributed by atoms with Gasteiger partial charge in [0.25, 0.3) is 0 Å². The van der Waals surface area contributed by atoms with Crippen molar-refractivity contribution < 1.29 is 9.53 Å². The van der Waals surface area contributed by atoms with Crippen LogP contribution in [0.25, 0.3) is 21.9 Å². The summed E-state index contributed by atoms with van der Waals surface area (Å²) in [6.45, 7) is 9.27. The molecule has 28 heavy (non-hydrogen) atoms. The third-order valence-electron chi connectivity index (χ3n) is 6.20. The van der Waals surface area contributed by atoms with E-state index in [4.69, 9.17) is 4.74 Å². The molecular formula is C26H28O2. The fourth-order valence-corrected chi connectivity index (χ4v) is 4.40. The second-order valence-electron chi connectivity index (χ2n) is 8.62. The minimum atomic E-state index is -0.264. The molecule has 0 fully saturated rings. The molecule has 1 unspecified atom stereocenters. The first-order valence-electron chi connectivity index (χ1n) is 10.2. The van der Waals surface area contributed by atoms with Gasteiger partial charge in [0, 0.05) is 0 Å². The SMILES string of the molecule is CCOC(=O)c1ccc2cc(-c3ccc4c(c3)C(C)CCC4(C)C)ccc2c1. The van der Waals surface area contributed by atoms with E-state index in [1.807, 2.05) is 25.1 Å². The molecule has 0 amide bonds. The first-order chi connectivity index (χ1) is 13.4. The molecule has 144 valence electrons. The smallest absolute Gasteiger partial charge is 0.338 e. The maximum Gasteiger partial charge on any atom is 0.338 e. The van der Waals surface area contributed by atoms with Crippen molar-refractivity contribution in [3.05, 3.63) is 71.3 Å². The molecule has 1 atom stereocenters. The zero-order chi connectivity index (χ0) is 19.9. The molecule has 3 aromatic carbocycles. The van der Waals surface area contributed by atoms with E-state index in [2.05, 4.69) is 57.2 Å². The van der Waals surface area contributed by atoms with Gasteiger partial charge in [-0.05, 0) is 82.3 Å². The van der Waals surface area contributed by atoms with Gasteiger partial charge in [0.1, 0.15) is 0 Å². The van der Waals surface area contributed by atoms with Gasteiger partial charge in [0.15, 0.2) is 0 Å². The first-order valence-corrected chi connectivity index (χ1v) is 10.2. The molecule has 0 spiro atoms. The van der Waals surface area contributed by atoms with Gasteiger partial charge in [0.2, 0.25) is 0 Å². The summed E-state index contributed by atoms with van der Waals surface area (Å²) in [5.41, 5.74) is 6.33. The van der Waals surface area contributed by atoms with Crippen molar-refractivity contribution in [2.24, 2.45) is 0 Å². The lowest BCUT2D eigenvalue weighted by Gasteiger charge is -2.36. The molecule has 0 saturated carbocycles. The average molecular weight is 373 g/mol. The number of esters is 1. The largest absolute Gasteiger partial charge is 0.462 e. The average Bonchev–Trinajstić information content (AvgIpc) is 2.70. The van der Waals surface area contributed by atoms with E-state index < -0.39 is 0 Å². The minimum absolute atomic E-state index is 0.257. The Balaban J connectivity index is 1.73. The van der Waals surface area contributed by atoms with Crippen molar-refractivity contribution in [2.45, 2.75) is 51.9 Å². The molecule has 0 aliphatic heterocycles. The lowest BCUT2D eigenvalue weighted by Crippen LogP contribution is -2.25. The van der Waals surface area contributed by atoms with Crippen LogP contribution in [0.4, 0.5) is 0 Å². The molecule has 4 rings (SSSR count). The Morgan fingerprint density at radius 3 is 2.46 bits per heavy atom. The van der Waals surface area contributed by atoms with Gasteiger partial charge < -0.3 is 4.74 Å². The molecule has 0 aromatic heterocycles. The van der Waals surface area contributed by atoms with Gasteiger partial charge in [-0.25, -0.2) is 4.79 Å². The number of carbonyl (C=O) groups excluding carboxylic acids is 1. The molecule has 0 N–H and O–H groups in total. The Kier molecular flexibility index (Phi) is 4.74. The summed E-state index contributed by atoms with van der Waals surface area (Å²) in [5.74, 6) is 0.343. The number of carbonyl (C=O) groups is 1. The predicted octanol–water partition coefficient (Wildman–Crippen LogP) is 6.86. The zero-order valence-corrected chi connectivity index (χ0v) is 17.2. The highest BCUT2D eigenvalue weighted by Crippen LogP contribution is 2.43. The topological polar surface area (TPSA) is 26.3 Å². The molecule has 0 bridgehead atoms. The van der Waals surface area contributed by atoms with Crippen LogP contribution in [0.5, 0.6) is 0 Å². The first kappa shape index (κ1) is 18.7. The van der Waals surface area contributed by atoms with Crippen LogP contribution in [0.1, 0.15) is 67.9 Å². The predicted molar refractivity (Wildman–Crippen MR) is 116 cm³/mol. The van der Waals surface area contributed by atoms with Crippen molar-refractivity contribution >= 4 is 16.7 Å². The maximum atomic E-state index is 12.0. The van der Waals surface area contributed by atoms with Crippen molar-refractivity contribution in [3.63, 3.8) is 0 Å². The number of ether oxygens (including phenoxy) is 1. The summed E-state index contributed by atoms with van der Waals surface area (Å²) in [7, 11) is 0. The quantitative estimate of drug-likeness (QED) is 0.470. The Bertz CT molecular complexity index is 1050. The Morgan fingerprint density at radius 1 is 1.00 bits per heavy atom. The molecule has 3 aromatic rings. The van der Waals surface area contributed by atoms with E-state index in [0.717, 1.165) is 10.8 Å². The molecule has 0 saturated heterocycles. The zero-order valence-electron chi connectivity index (χ0n) is 17.2. The summed E-state index contributed by atoms with van der Waals surface area (Å²) >= 11 is 0.